The highest BCUT2D eigenvalue weighted by Gasteiger charge is 2.12. The second-order valence-corrected chi connectivity index (χ2v) is 6.03. The fourth-order valence-corrected chi connectivity index (χ4v) is 2.56. The van der Waals surface area contributed by atoms with Crippen LogP contribution in [0.4, 0.5) is 5.69 Å². The average molecular weight is 342 g/mol. The van der Waals surface area contributed by atoms with Crippen LogP contribution >= 0.6 is 0 Å². The van der Waals surface area contributed by atoms with Crippen molar-refractivity contribution in [2.24, 2.45) is 0 Å². The summed E-state index contributed by atoms with van der Waals surface area (Å²) < 4.78 is 10.5. The number of hydrogen-bond donors (Lipinski definition) is 2. The molecule has 2 N–H and O–H groups in total. The predicted molar refractivity (Wildman–Crippen MR) is 100 cm³/mol. The molecule has 0 aromatic heterocycles. The molecule has 5 nitrogen and oxygen atoms in total. The molecule has 2 aromatic carbocycles. The van der Waals surface area contributed by atoms with Crippen LogP contribution in [-0.2, 0) is 11.3 Å². The topological polar surface area (TPSA) is 59.6 Å². The van der Waals surface area contributed by atoms with Gasteiger partial charge in [0.05, 0.1) is 19.9 Å². The summed E-state index contributed by atoms with van der Waals surface area (Å²) in [5.41, 5.74) is 3.09. The van der Waals surface area contributed by atoms with Gasteiger partial charge in [0.1, 0.15) is 11.5 Å². The van der Waals surface area contributed by atoms with Gasteiger partial charge in [-0.15, -0.1) is 0 Å². The van der Waals surface area contributed by atoms with E-state index in [0.29, 0.717) is 23.6 Å². The van der Waals surface area contributed by atoms with E-state index in [1.165, 1.54) is 11.1 Å². The first-order valence-corrected chi connectivity index (χ1v) is 8.33. The van der Waals surface area contributed by atoms with Crippen molar-refractivity contribution in [1.82, 2.24) is 5.32 Å². The van der Waals surface area contributed by atoms with E-state index in [-0.39, 0.29) is 11.9 Å². The van der Waals surface area contributed by atoms with Gasteiger partial charge in [0.15, 0.2) is 0 Å². The Labute approximate surface area is 149 Å². The molecule has 0 spiro atoms. The zero-order chi connectivity index (χ0) is 18.2. The van der Waals surface area contributed by atoms with E-state index in [9.17, 15) is 4.79 Å². The van der Waals surface area contributed by atoms with Gasteiger partial charge in [0.25, 0.3) is 0 Å². The van der Waals surface area contributed by atoms with Crippen LogP contribution in [-0.4, -0.2) is 26.2 Å². The molecule has 25 heavy (non-hydrogen) atoms. The number of amides is 1. The molecule has 0 saturated carbocycles. The van der Waals surface area contributed by atoms with Gasteiger partial charge in [-0.05, 0) is 37.1 Å². The van der Waals surface area contributed by atoms with E-state index in [2.05, 4.69) is 29.7 Å². The standard InChI is InChI=1S/C20H26N2O3/c1-14-7-5-6-8-16(14)13-21-15(2)11-20(23)22-18-12-17(24-3)9-10-19(18)25-4/h5-10,12,15,21H,11,13H2,1-4H3,(H,22,23). The largest absolute Gasteiger partial charge is 0.497 e. The third kappa shape index (κ3) is 5.50. The minimum atomic E-state index is -0.0728. The molecule has 1 atom stereocenters. The van der Waals surface area contributed by atoms with Crippen molar-refractivity contribution in [3.8, 4) is 11.5 Å². The van der Waals surface area contributed by atoms with Crippen LogP contribution in [0.3, 0.4) is 0 Å². The van der Waals surface area contributed by atoms with Crippen molar-refractivity contribution < 1.29 is 14.3 Å². The van der Waals surface area contributed by atoms with Gasteiger partial charge in [-0.1, -0.05) is 24.3 Å². The van der Waals surface area contributed by atoms with E-state index in [1.54, 1.807) is 32.4 Å². The first-order chi connectivity index (χ1) is 12.0. The first kappa shape index (κ1) is 18.8. The Bertz CT molecular complexity index is 716. The molecule has 1 unspecified atom stereocenters. The number of hydrogen-bond acceptors (Lipinski definition) is 4. The van der Waals surface area contributed by atoms with Crippen LogP contribution < -0.4 is 20.1 Å². The third-order valence-corrected chi connectivity index (χ3v) is 4.07. The maximum atomic E-state index is 12.3. The van der Waals surface area contributed by atoms with Crippen molar-refractivity contribution in [2.75, 3.05) is 19.5 Å². The number of benzene rings is 2. The fourth-order valence-electron chi connectivity index (χ4n) is 2.56. The van der Waals surface area contributed by atoms with Gasteiger partial charge < -0.3 is 20.1 Å². The van der Waals surface area contributed by atoms with Crippen LogP contribution in [0.2, 0.25) is 0 Å². The Morgan fingerprint density at radius 1 is 1.12 bits per heavy atom. The van der Waals surface area contributed by atoms with Gasteiger partial charge >= 0.3 is 0 Å². The molecule has 0 aliphatic heterocycles. The Balaban J connectivity index is 1.90. The lowest BCUT2D eigenvalue weighted by Crippen LogP contribution is -2.30. The molecule has 0 radical (unpaired) electrons. The van der Waals surface area contributed by atoms with Gasteiger partial charge in [0, 0.05) is 25.1 Å². The zero-order valence-corrected chi connectivity index (χ0v) is 15.3. The molecule has 0 aliphatic rings. The molecule has 0 heterocycles. The normalized spacial score (nSPS) is 11.7. The van der Waals surface area contributed by atoms with Crippen LogP contribution in [0.25, 0.3) is 0 Å². The van der Waals surface area contributed by atoms with Gasteiger partial charge in [-0.25, -0.2) is 0 Å². The number of ether oxygens (including phenoxy) is 2. The van der Waals surface area contributed by atoms with Crippen molar-refractivity contribution in [2.45, 2.75) is 32.9 Å². The lowest BCUT2D eigenvalue weighted by Gasteiger charge is -2.16. The lowest BCUT2D eigenvalue weighted by atomic mass is 10.1. The number of aryl methyl sites for hydroxylation is 1. The second kappa shape index (κ2) is 9.08. The quantitative estimate of drug-likeness (QED) is 0.771. The Morgan fingerprint density at radius 2 is 1.88 bits per heavy atom. The summed E-state index contributed by atoms with van der Waals surface area (Å²) in [6, 6.07) is 13.6. The van der Waals surface area contributed by atoms with Crippen molar-refractivity contribution in [1.29, 1.82) is 0 Å². The maximum absolute atomic E-state index is 12.3. The number of carbonyl (C=O) groups is 1. The fraction of sp³-hybridized carbons (Fsp3) is 0.350. The van der Waals surface area contributed by atoms with E-state index in [1.807, 2.05) is 19.1 Å². The Kier molecular flexibility index (Phi) is 6.83. The highest BCUT2D eigenvalue weighted by atomic mass is 16.5. The number of rotatable bonds is 8. The predicted octanol–water partition coefficient (Wildman–Crippen LogP) is 3.52. The molecule has 0 aliphatic carbocycles. The van der Waals surface area contributed by atoms with Crippen LogP contribution in [0.1, 0.15) is 24.5 Å². The maximum Gasteiger partial charge on any atom is 0.226 e. The van der Waals surface area contributed by atoms with Crippen molar-refractivity contribution in [3.05, 3.63) is 53.6 Å². The Hall–Kier alpha value is -2.53. The number of carbonyl (C=O) groups excluding carboxylic acids is 1. The summed E-state index contributed by atoms with van der Waals surface area (Å²) >= 11 is 0. The summed E-state index contributed by atoms with van der Waals surface area (Å²) in [6.07, 6.45) is 0.367. The molecule has 1 amide bonds. The smallest absolute Gasteiger partial charge is 0.226 e. The summed E-state index contributed by atoms with van der Waals surface area (Å²) in [7, 11) is 3.16. The number of nitrogens with one attached hydrogen (secondary N) is 2. The molecular formula is C20H26N2O3. The molecule has 2 rings (SSSR count). The summed E-state index contributed by atoms with van der Waals surface area (Å²) in [4.78, 5) is 12.3. The van der Waals surface area contributed by atoms with Crippen LogP contribution in [0, 0.1) is 6.92 Å². The van der Waals surface area contributed by atoms with Gasteiger partial charge in [-0.2, -0.15) is 0 Å². The van der Waals surface area contributed by atoms with Crippen molar-refractivity contribution in [3.63, 3.8) is 0 Å². The summed E-state index contributed by atoms with van der Waals surface area (Å²) in [6.45, 7) is 4.83. The lowest BCUT2D eigenvalue weighted by molar-refractivity contribution is -0.116. The number of methoxy groups -OCH3 is 2. The minimum absolute atomic E-state index is 0.0520. The monoisotopic (exact) mass is 342 g/mol. The van der Waals surface area contributed by atoms with Crippen molar-refractivity contribution >= 4 is 11.6 Å². The summed E-state index contributed by atoms with van der Waals surface area (Å²) in [5, 5.41) is 6.28. The van der Waals surface area contributed by atoms with Crippen LogP contribution in [0.15, 0.2) is 42.5 Å². The first-order valence-electron chi connectivity index (χ1n) is 8.33. The van der Waals surface area contributed by atoms with E-state index in [4.69, 9.17) is 9.47 Å². The third-order valence-electron chi connectivity index (χ3n) is 4.07. The molecule has 2 aromatic rings. The molecule has 5 heteroatoms. The highest BCUT2D eigenvalue weighted by Crippen LogP contribution is 2.29. The second-order valence-electron chi connectivity index (χ2n) is 6.03. The van der Waals surface area contributed by atoms with Gasteiger partial charge in [0.2, 0.25) is 5.91 Å². The van der Waals surface area contributed by atoms with Gasteiger partial charge in [-0.3, -0.25) is 4.79 Å². The molecule has 0 saturated heterocycles. The van der Waals surface area contributed by atoms with Crippen LogP contribution in [0.5, 0.6) is 11.5 Å². The van der Waals surface area contributed by atoms with E-state index >= 15 is 0 Å². The summed E-state index contributed by atoms with van der Waals surface area (Å²) in [5.74, 6) is 1.20. The molecule has 0 fully saturated rings. The zero-order valence-electron chi connectivity index (χ0n) is 15.3. The minimum Gasteiger partial charge on any atom is -0.497 e. The SMILES string of the molecule is COc1ccc(OC)c(NC(=O)CC(C)NCc2ccccc2C)c1. The molecular weight excluding hydrogens is 316 g/mol. The Morgan fingerprint density at radius 3 is 2.56 bits per heavy atom. The average Bonchev–Trinajstić information content (AvgIpc) is 2.60. The highest BCUT2D eigenvalue weighted by molar-refractivity contribution is 5.92. The molecule has 134 valence electrons. The molecule has 0 bridgehead atoms. The number of anilines is 1. The van der Waals surface area contributed by atoms with E-state index in [0.717, 1.165) is 6.54 Å². The van der Waals surface area contributed by atoms with E-state index < -0.39 is 0 Å².